The van der Waals surface area contributed by atoms with E-state index in [1.54, 1.807) is 11.0 Å². The van der Waals surface area contributed by atoms with Crippen molar-refractivity contribution in [3.63, 3.8) is 0 Å². The van der Waals surface area contributed by atoms with Gasteiger partial charge in [0.15, 0.2) is 0 Å². The first-order valence-electron chi connectivity index (χ1n) is 8.04. The lowest BCUT2D eigenvalue weighted by Crippen LogP contribution is -2.30. The number of hydrogen-bond acceptors (Lipinski definition) is 2. The van der Waals surface area contributed by atoms with Crippen molar-refractivity contribution in [1.82, 2.24) is 4.90 Å². The summed E-state index contributed by atoms with van der Waals surface area (Å²) in [6.07, 6.45) is -2.78. The lowest BCUT2D eigenvalue weighted by molar-refractivity contribution is -0.137. The number of hydrogen-bond donors (Lipinski definition) is 0. The zero-order valence-electron chi connectivity index (χ0n) is 14.1. The second-order valence-electron chi connectivity index (χ2n) is 5.91. The first-order valence-corrected chi connectivity index (χ1v) is 9.65. The molecular formula is C20H15BrF3NOS. The molecule has 0 unspecified atom stereocenters. The third-order valence-electron chi connectivity index (χ3n) is 4.02. The predicted octanol–water partition coefficient (Wildman–Crippen LogP) is 6.51. The van der Waals surface area contributed by atoms with Gasteiger partial charge in [0.1, 0.15) is 4.88 Å². The number of carbonyl (C=O) groups is 1. The molecule has 3 aromatic rings. The summed E-state index contributed by atoms with van der Waals surface area (Å²) in [4.78, 5) is 15.2. The molecule has 0 radical (unpaired) electrons. The molecule has 1 heterocycles. The first-order chi connectivity index (χ1) is 12.8. The van der Waals surface area contributed by atoms with Gasteiger partial charge in [0.25, 0.3) is 5.91 Å². The van der Waals surface area contributed by atoms with Crippen molar-refractivity contribution < 1.29 is 18.0 Å². The highest BCUT2D eigenvalue weighted by Crippen LogP contribution is 2.36. The van der Waals surface area contributed by atoms with Crippen molar-refractivity contribution in [1.29, 1.82) is 0 Å². The van der Waals surface area contributed by atoms with E-state index in [-0.39, 0.29) is 12.5 Å². The van der Waals surface area contributed by atoms with Gasteiger partial charge >= 0.3 is 6.18 Å². The molecule has 3 rings (SSSR count). The van der Waals surface area contributed by atoms with Gasteiger partial charge in [-0.1, -0.05) is 36.4 Å². The lowest BCUT2D eigenvalue weighted by atomic mass is 10.1. The van der Waals surface area contributed by atoms with Crippen LogP contribution in [0.15, 0.2) is 65.7 Å². The standard InChI is InChI=1S/C20H15BrF3NOS/c1-2-11-25(12-13-7-9-14(10-8-13)20(22,23)24)19(26)18-17(21)15-5-3-4-6-16(15)27-18/h2-10H,1,11-12H2. The number of amides is 1. The first kappa shape index (κ1) is 19.6. The van der Waals surface area contributed by atoms with Crippen molar-refractivity contribution in [3.05, 3.63) is 81.7 Å². The fourth-order valence-corrected chi connectivity index (χ4v) is 4.64. The largest absolute Gasteiger partial charge is 0.416 e. The Kier molecular flexibility index (Phi) is 5.72. The van der Waals surface area contributed by atoms with E-state index in [4.69, 9.17) is 0 Å². The fraction of sp³-hybridized carbons (Fsp3) is 0.150. The number of carbonyl (C=O) groups excluding carboxylic acids is 1. The van der Waals surface area contributed by atoms with Crippen LogP contribution in [-0.4, -0.2) is 17.4 Å². The van der Waals surface area contributed by atoms with Crippen LogP contribution in [-0.2, 0) is 12.7 Å². The molecule has 1 amide bonds. The van der Waals surface area contributed by atoms with Crippen LogP contribution in [0.3, 0.4) is 0 Å². The molecule has 0 bridgehead atoms. The van der Waals surface area contributed by atoms with Gasteiger partial charge < -0.3 is 4.90 Å². The minimum atomic E-state index is -4.38. The molecule has 0 saturated carbocycles. The van der Waals surface area contributed by atoms with Crippen LogP contribution in [0.5, 0.6) is 0 Å². The Morgan fingerprint density at radius 1 is 1.15 bits per heavy atom. The number of benzene rings is 2. The molecule has 0 saturated heterocycles. The molecule has 0 aliphatic heterocycles. The summed E-state index contributed by atoms with van der Waals surface area (Å²) < 4.78 is 39.9. The molecule has 0 fully saturated rings. The zero-order chi connectivity index (χ0) is 19.6. The second-order valence-corrected chi connectivity index (χ2v) is 7.76. The van der Waals surface area contributed by atoms with E-state index in [1.165, 1.54) is 23.5 Å². The van der Waals surface area contributed by atoms with Gasteiger partial charge in [0.2, 0.25) is 0 Å². The average Bonchev–Trinajstić information content (AvgIpc) is 2.97. The van der Waals surface area contributed by atoms with Crippen molar-refractivity contribution in [2.75, 3.05) is 6.54 Å². The monoisotopic (exact) mass is 453 g/mol. The summed E-state index contributed by atoms with van der Waals surface area (Å²) in [5.74, 6) is -0.192. The number of fused-ring (bicyclic) bond motifs is 1. The van der Waals surface area contributed by atoms with E-state index in [0.29, 0.717) is 17.0 Å². The normalized spacial score (nSPS) is 11.6. The van der Waals surface area contributed by atoms with Gasteiger partial charge in [-0.15, -0.1) is 17.9 Å². The fourth-order valence-electron chi connectivity index (χ4n) is 2.69. The highest BCUT2D eigenvalue weighted by molar-refractivity contribution is 9.10. The van der Waals surface area contributed by atoms with Crippen LogP contribution < -0.4 is 0 Å². The van der Waals surface area contributed by atoms with Crippen LogP contribution in [0.25, 0.3) is 10.1 Å². The minimum Gasteiger partial charge on any atom is -0.330 e. The quantitative estimate of drug-likeness (QED) is 0.403. The van der Waals surface area contributed by atoms with Gasteiger partial charge in [0, 0.05) is 27.6 Å². The van der Waals surface area contributed by atoms with Gasteiger partial charge in [-0.2, -0.15) is 13.2 Å². The van der Waals surface area contributed by atoms with Crippen LogP contribution in [0.2, 0.25) is 0 Å². The number of thiophene rings is 1. The maximum atomic E-state index is 13.0. The minimum absolute atomic E-state index is 0.192. The van der Waals surface area contributed by atoms with Crippen molar-refractivity contribution >= 4 is 43.3 Å². The Hall–Kier alpha value is -2.12. The smallest absolute Gasteiger partial charge is 0.330 e. The highest BCUT2D eigenvalue weighted by Gasteiger charge is 2.30. The molecular weight excluding hydrogens is 439 g/mol. The van der Waals surface area contributed by atoms with Crippen LogP contribution in [0.1, 0.15) is 20.8 Å². The number of alkyl halides is 3. The van der Waals surface area contributed by atoms with Crippen molar-refractivity contribution in [3.8, 4) is 0 Å². The molecule has 2 nitrogen and oxygen atoms in total. The topological polar surface area (TPSA) is 20.3 Å². The van der Waals surface area contributed by atoms with Crippen molar-refractivity contribution in [2.45, 2.75) is 12.7 Å². The number of nitrogens with zero attached hydrogens (tertiary/aromatic N) is 1. The van der Waals surface area contributed by atoms with E-state index in [0.717, 1.165) is 26.7 Å². The van der Waals surface area contributed by atoms with E-state index in [1.807, 2.05) is 24.3 Å². The molecule has 0 spiro atoms. The third kappa shape index (κ3) is 4.25. The molecule has 1 aromatic heterocycles. The van der Waals surface area contributed by atoms with Crippen LogP contribution in [0.4, 0.5) is 13.2 Å². The Bertz CT molecular complexity index is 979. The SMILES string of the molecule is C=CCN(Cc1ccc(C(F)(F)F)cc1)C(=O)c1sc2ccccc2c1Br. The van der Waals surface area contributed by atoms with Gasteiger partial charge in [0.05, 0.1) is 5.56 Å². The molecule has 0 aliphatic rings. The second kappa shape index (κ2) is 7.86. The summed E-state index contributed by atoms with van der Waals surface area (Å²) in [6, 6.07) is 12.5. The Labute approximate surface area is 167 Å². The molecule has 0 atom stereocenters. The Morgan fingerprint density at radius 3 is 2.41 bits per heavy atom. The van der Waals surface area contributed by atoms with E-state index in [2.05, 4.69) is 22.5 Å². The summed E-state index contributed by atoms with van der Waals surface area (Å²) in [7, 11) is 0. The summed E-state index contributed by atoms with van der Waals surface area (Å²) >= 11 is 4.88. The van der Waals surface area contributed by atoms with Gasteiger partial charge in [-0.25, -0.2) is 0 Å². The maximum Gasteiger partial charge on any atom is 0.416 e. The van der Waals surface area contributed by atoms with Gasteiger partial charge in [-0.3, -0.25) is 4.79 Å². The third-order valence-corrected chi connectivity index (χ3v) is 6.27. The molecule has 140 valence electrons. The molecule has 27 heavy (non-hydrogen) atoms. The highest BCUT2D eigenvalue weighted by atomic mass is 79.9. The molecule has 2 aromatic carbocycles. The lowest BCUT2D eigenvalue weighted by Gasteiger charge is -2.21. The van der Waals surface area contributed by atoms with E-state index in [9.17, 15) is 18.0 Å². The molecule has 7 heteroatoms. The Morgan fingerprint density at radius 2 is 1.81 bits per heavy atom. The summed E-state index contributed by atoms with van der Waals surface area (Å²) in [6.45, 7) is 4.17. The Balaban J connectivity index is 1.87. The number of rotatable bonds is 5. The van der Waals surface area contributed by atoms with E-state index >= 15 is 0 Å². The predicted molar refractivity (Wildman–Crippen MR) is 106 cm³/mol. The summed E-state index contributed by atoms with van der Waals surface area (Å²) in [5.41, 5.74) is -0.0875. The van der Waals surface area contributed by atoms with Crippen LogP contribution >= 0.6 is 27.3 Å². The maximum absolute atomic E-state index is 13.0. The summed E-state index contributed by atoms with van der Waals surface area (Å²) in [5, 5.41) is 0.957. The van der Waals surface area contributed by atoms with E-state index < -0.39 is 11.7 Å². The zero-order valence-corrected chi connectivity index (χ0v) is 16.5. The molecule has 0 N–H and O–H groups in total. The van der Waals surface area contributed by atoms with Gasteiger partial charge in [-0.05, 0) is 39.7 Å². The van der Waals surface area contributed by atoms with Crippen molar-refractivity contribution in [2.24, 2.45) is 0 Å². The average molecular weight is 454 g/mol. The molecule has 0 aliphatic carbocycles. The number of halogens is 4. The van der Waals surface area contributed by atoms with Crippen LogP contribution in [0, 0.1) is 0 Å².